The first kappa shape index (κ1) is 16.6. The summed E-state index contributed by atoms with van der Waals surface area (Å²) in [7, 11) is 0. The lowest BCUT2D eigenvalue weighted by Gasteiger charge is -2.22. The van der Waals surface area contributed by atoms with E-state index in [1.807, 2.05) is 12.1 Å². The highest BCUT2D eigenvalue weighted by atomic mass is 16.6. The third-order valence-electron chi connectivity index (χ3n) is 4.48. The first-order valence-electron chi connectivity index (χ1n) is 8.43. The Labute approximate surface area is 142 Å². The van der Waals surface area contributed by atoms with Gasteiger partial charge in [-0.05, 0) is 30.6 Å². The first-order chi connectivity index (χ1) is 11.7. The SMILES string of the molecule is O=[N+]([O-])c1ccc(CN2CCCN(Cc3ccccc3)CC2)cc1. The van der Waals surface area contributed by atoms with Crippen molar-refractivity contribution in [2.24, 2.45) is 0 Å². The van der Waals surface area contributed by atoms with Crippen LogP contribution in [0.1, 0.15) is 17.5 Å². The van der Waals surface area contributed by atoms with Crippen molar-refractivity contribution in [3.63, 3.8) is 0 Å². The Hall–Kier alpha value is -2.24. The Morgan fingerprint density at radius 2 is 1.33 bits per heavy atom. The fraction of sp³-hybridized carbons (Fsp3) is 0.368. The van der Waals surface area contributed by atoms with Crippen molar-refractivity contribution < 1.29 is 4.92 Å². The van der Waals surface area contributed by atoms with E-state index in [1.165, 1.54) is 5.56 Å². The van der Waals surface area contributed by atoms with E-state index in [0.29, 0.717) is 0 Å². The predicted octanol–water partition coefficient (Wildman–Crippen LogP) is 3.30. The van der Waals surface area contributed by atoms with Crippen LogP contribution >= 0.6 is 0 Å². The van der Waals surface area contributed by atoms with Gasteiger partial charge in [-0.25, -0.2) is 0 Å². The third kappa shape index (κ3) is 4.63. The number of rotatable bonds is 5. The normalized spacial score (nSPS) is 16.7. The molecule has 1 fully saturated rings. The van der Waals surface area contributed by atoms with Crippen LogP contribution in [-0.2, 0) is 13.1 Å². The minimum Gasteiger partial charge on any atom is -0.298 e. The molecule has 126 valence electrons. The van der Waals surface area contributed by atoms with E-state index in [1.54, 1.807) is 12.1 Å². The van der Waals surface area contributed by atoms with Crippen molar-refractivity contribution in [1.29, 1.82) is 0 Å². The summed E-state index contributed by atoms with van der Waals surface area (Å²) in [5, 5.41) is 10.7. The quantitative estimate of drug-likeness (QED) is 0.625. The van der Waals surface area contributed by atoms with Gasteiger partial charge in [0.15, 0.2) is 0 Å². The zero-order chi connectivity index (χ0) is 16.8. The van der Waals surface area contributed by atoms with E-state index in [4.69, 9.17) is 0 Å². The Kier molecular flexibility index (Phi) is 5.56. The van der Waals surface area contributed by atoms with Crippen molar-refractivity contribution in [2.75, 3.05) is 26.2 Å². The van der Waals surface area contributed by atoms with E-state index in [-0.39, 0.29) is 10.6 Å². The standard InChI is InChI=1S/C19H23N3O2/c23-22(24)19-9-7-18(8-10-19)16-21-12-4-11-20(13-14-21)15-17-5-2-1-3-6-17/h1-3,5-10H,4,11-16H2. The maximum absolute atomic E-state index is 10.7. The summed E-state index contributed by atoms with van der Waals surface area (Å²) in [4.78, 5) is 15.3. The number of non-ortho nitro benzene ring substituents is 1. The van der Waals surface area contributed by atoms with Gasteiger partial charge in [0.05, 0.1) is 4.92 Å². The van der Waals surface area contributed by atoms with E-state index in [9.17, 15) is 10.1 Å². The molecule has 5 nitrogen and oxygen atoms in total. The van der Waals surface area contributed by atoms with Crippen molar-refractivity contribution in [1.82, 2.24) is 9.80 Å². The molecular weight excluding hydrogens is 302 g/mol. The number of hydrogen-bond donors (Lipinski definition) is 0. The molecule has 1 aliphatic heterocycles. The minimum atomic E-state index is -0.350. The molecule has 0 aliphatic carbocycles. The van der Waals surface area contributed by atoms with Gasteiger partial charge in [-0.1, -0.05) is 42.5 Å². The molecule has 0 bridgehead atoms. The lowest BCUT2D eigenvalue weighted by atomic mass is 10.2. The minimum absolute atomic E-state index is 0.156. The van der Waals surface area contributed by atoms with Gasteiger partial charge in [0.25, 0.3) is 5.69 Å². The maximum atomic E-state index is 10.7. The van der Waals surface area contributed by atoms with E-state index in [2.05, 4.69) is 40.1 Å². The molecule has 0 saturated carbocycles. The molecule has 0 spiro atoms. The van der Waals surface area contributed by atoms with Gasteiger partial charge >= 0.3 is 0 Å². The van der Waals surface area contributed by atoms with Gasteiger partial charge in [-0.2, -0.15) is 0 Å². The zero-order valence-corrected chi connectivity index (χ0v) is 13.8. The lowest BCUT2D eigenvalue weighted by Crippen LogP contribution is -2.30. The largest absolute Gasteiger partial charge is 0.298 e. The molecule has 1 heterocycles. The molecule has 2 aromatic rings. The smallest absolute Gasteiger partial charge is 0.269 e. The molecule has 0 N–H and O–H groups in total. The van der Waals surface area contributed by atoms with Gasteiger partial charge in [0.1, 0.15) is 0 Å². The highest BCUT2D eigenvalue weighted by molar-refractivity contribution is 5.32. The second kappa shape index (κ2) is 8.04. The summed E-state index contributed by atoms with van der Waals surface area (Å²) < 4.78 is 0. The molecule has 1 aliphatic rings. The summed E-state index contributed by atoms with van der Waals surface area (Å²) in [5.74, 6) is 0. The zero-order valence-electron chi connectivity index (χ0n) is 13.8. The van der Waals surface area contributed by atoms with E-state index < -0.39 is 0 Å². The number of nitro groups is 1. The van der Waals surface area contributed by atoms with Gasteiger partial charge in [0.2, 0.25) is 0 Å². The van der Waals surface area contributed by atoms with Crippen LogP contribution in [0, 0.1) is 10.1 Å². The van der Waals surface area contributed by atoms with Crippen molar-refractivity contribution >= 4 is 5.69 Å². The second-order valence-electron chi connectivity index (χ2n) is 6.32. The van der Waals surface area contributed by atoms with Crippen molar-refractivity contribution in [3.8, 4) is 0 Å². The highest BCUT2D eigenvalue weighted by Gasteiger charge is 2.15. The van der Waals surface area contributed by atoms with E-state index >= 15 is 0 Å². The second-order valence-corrected chi connectivity index (χ2v) is 6.32. The van der Waals surface area contributed by atoms with Crippen molar-refractivity contribution in [3.05, 3.63) is 75.8 Å². The molecule has 0 atom stereocenters. The summed E-state index contributed by atoms with van der Waals surface area (Å²) in [6.07, 6.45) is 1.15. The number of nitro benzene ring substituents is 1. The van der Waals surface area contributed by atoms with Gasteiger partial charge in [0, 0.05) is 38.3 Å². The van der Waals surface area contributed by atoms with Gasteiger partial charge in [-0.3, -0.25) is 19.9 Å². The molecule has 24 heavy (non-hydrogen) atoms. The molecule has 5 heteroatoms. The predicted molar refractivity (Wildman–Crippen MR) is 94.7 cm³/mol. The fourth-order valence-electron chi connectivity index (χ4n) is 3.16. The Morgan fingerprint density at radius 3 is 1.88 bits per heavy atom. The van der Waals surface area contributed by atoms with Gasteiger partial charge in [-0.15, -0.1) is 0 Å². The average molecular weight is 325 g/mol. The molecule has 1 saturated heterocycles. The monoisotopic (exact) mass is 325 g/mol. The van der Waals surface area contributed by atoms with Crippen LogP contribution < -0.4 is 0 Å². The molecule has 0 aromatic heterocycles. The Balaban J connectivity index is 1.52. The summed E-state index contributed by atoms with van der Waals surface area (Å²) in [5.41, 5.74) is 2.65. The van der Waals surface area contributed by atoms with E-state index in [0.717, 1.165) is 51.3 Å². The average Bonchev–Trinajstić information content (AvgIpc) is 2.82. The fourth-order valence-corrected chi connectivity index (χ4v) is 3.16. The third-order valence-corrected chi connectivity index (χ3v) is 4.48. The topological polar surface area (TPSA) is 49.6 Å². The molecular formula is C19H23N3O2. The molecule has 3 rings (SSSR count). The maximum Gasteiger partial charge on any atom is 0.269 e. The van der Waals surface area contributed by atoms with Crippen LogP contribution in [-0.4, -0.2) is 40.9 Å². The van der Waals surface area contributed by atoms with Crippen LogP contribution in [0.4, 0.5) is 5.69 Å². The molecule has 0 unspecified atom stereocenters. The number of nitrogens with zero attached hydrogens (tertiary/aromatic N) is 3. The lowest BCUT2D eigenvalue weighted by molar-refractivity contribution is -0.384. The summed E-state index contributed by atoms with van der Waals surface area (Å²) in [6, 6.07) is 17.5. The Morgan fingerprint density at radius 1 is 0.792 bits per heavy atom. The number of hydrogen-bond acceptors (Lipinski definition) is 4. The Bertz CT molecular complexity index is 658. The van der Waals surface area contributed by atoms with Crippen molar-refractivity contribution in [2.45, 2.75) is 19.5 Å². The number of benzene rings is 2. The van der Waals surface area contributed by atoms with Gasteiger partial charge < -0.3 is 0 Å². The van der Waals surface area contributed by atoms with Crippen LogP contribution in [0.3, 0.4) is 0 Å². The molecule has 0 amide bonds. The summed E-state index contributed by atoms with van der Waals surface area (Å²) in [6.45, 7) is 6.14. The molecule has 0 radical (unpaired) electrons. The van der Waals surface area contributed by atoms with Crippen LogP contribution in [0.2, 0.25) is 0 Å². The highest BCUT2D eigenvalue weighted by Crippen LogP contribution is 2.15. The van der Waals surface area contributed by atoms with Crippen LogP contribution in [0.15, 0.2) is 54.6 Å². The summed E-state index contributed by atoms with van der Waals surface area (Å²) >= 11 is 0. The van der Waals surface area contributed by atoms with Crippen LogP contribution in [0.25, 0.3) is 0 Å². The van der Waals surface area contributed by atoms with Crippen LogP contribution in [0.5, 0.6) is 0 Å². The molecule has 2 aromatic carbocycles. The first-order valence-corrected chi connectivity index (χ1v) is 8.43.